The second kappa shape index (κ2) is 6.57. The van der Waals surface area contributed by atoms with Crippen LogP contribution in [0.1, 0.15) is 0 Å². The van der Waals surface area contributed by atoms with E-state index in [2.05, 4.69) is 0 Å². The minimum absolute atomic E-state index is 0.493. The molecule has 0 aliphatic rings. The Kier molecular flexibility index (Phi) is 6.97. The number of carbonyl (C=O) groups excluding carboxylic acids is 1. The monoisotopic (exact) mass is 354 g/mol. The lowest BCUT2D eigenvalue weighted by molar-refractivity contribution is -0.115. The Morgan fingerprint density at radius 1 is 0.850 bits per heavy atom. The normalized spacial score (nSPS) is 13.2. The van der Waals surface area contributed by atoms with Crippen LogP contribution in [0.25, 0.3) is 0 Å². The van der Waals surface area contributed by atoms with Crippen molar-refractivity contribution in [2.45, 2.75) is 11.0 Å². The molecule has 0 aromatic rings. The lowest BCUT2D eigenvalue weighted by Crippen LogP contribution is -2.45. The van der Waals surface area contributed by atoms with Crippen molar-refractivity contribution in [3.05, 3.63) is 0 Å². The fourth-order valence-corrected chi connectivity index (χ4v) is 2.15. The molecule has 0 aliphatic heterocycles. The van der Waals surface area contributed by atoms with Crippen LogP contribution in [-0.4, -0.2) is 53.3 Å². The predicted octanol–water partition coefficient (Wildman–Crippen LogP) is -0.0204. The van der Waals surface area contributed by atoms with E-state index in [-0.39, 0.29) is 0 Å². The van der Waals surface area contributed by atoms with E-state index >= 15 is 0 Å². The van der Waals surface area contributed by atoms with Gasteiger partial charge in [0.05, 0.1) is 0 Å². The first-order valence-electron chi connectivity index (χ1n) is 4.01. The number of amides is 1. The van der Waals surface area contributed by atoms with Crippen molar-refractivity contribution < 1.29 is 48.0 Å². The molecule has 1 amide bonds. The number of hydrogen-bond donors (Lipinski definition) is 1. The van der Waals surface area contributed by atoms with Crippen molar-refractivity contribution >= 4 is 26.5 Å². The van der Waals surface area contributed by atoms with Gasteiger partial charge in [0.2, 0.25) is 6.41 Å². The fraction of sp³-hybridized carbons (Fsp3) is 0.800. The molecule has 0 unspecified atom stereocenters. The Bertz CT molecular complexity index is 477. The van der Waals surface area contributed by atoms with E-state index in [1.165, 1.54) is 4.90 Å². The van der Waals surface area contributed by atoms with Gasteiger partial charge in [-0.15, -0.1) is 0 Å². The molecule has 0 bridgehead atoms. The summed E-state index contributed by atoms with van der Waals surface area (Å²) >= 11 is 0. The van der Waals surface area contributed by atoms with Crippen molar-refractivity contribution in [3.63, 3.8) is 0 Å². The van der Waals surface area contributed by atoms with Crippen LogP contribution in [0.4, 0.5) is 26.3 Å². The van der Waals surface area contributed by atoms with Gasteiger partial charge in [-0.3, -0.25) is 4.79 Å². The van der Waals surface area contributed by atoms with Crippen molar-refractivity contribution in [1.82, 2.24) is 9.03 Å². The van der Waals surface area contributed by atoms with Crippen LogP contribution >= 0.6 is 0 Å². The van der Waals surface area contributed by atoms with Crippen LogP contribution < -0.4 is 4.13 Å². The summed E-state index contributed by atoms with van der Waals surface area (Å²) in [4.78, 5) is 10.9. The summed E-state index contributed by atoms with van der Waals surface area (Å²) in [5.41, 5.74) is -12.3. The molecule has 20 heavy (non-hydrogen) atoms. The van der Waals surface area contributed by atoms with Crippen LogP contribution in [0.3, 0.4) is 0 Å². The molecule has 0 rings (SSSR count). The number of carbonyl (C=O) groups is 1. The van der Waals surface area contributed by atoms with Gasteiger partial charge in [0.1, 0.15) is 0 Å². The number of halogens is 6. The molecule has 0 saturated heterocycles. The molecule has 0 fully saturated rings. The zero-order valence-corrected chi connectivity index (χ0v) is 11.3. The lowest BCUT2D eigenvalue weighted by atomic mass is 11.0. The first-order chi connectivity index (χ1) is 8.48. The number of nitrogens with one attached hydrogen (secondary N) is 1. The van der Waals surface area contributed by atoms with Gasteiger partial charge < -0.3 is 4.90 Å². The van der Waals surface area contributed by atoms with Gasteiger partial charge in [0.25, 0.3) is 0 Å². The highest BCUT2D eigenvalue weighted by atomic mass is 32.3. The largest absolute Gasteiger partial charge is 0.512 e. The second-order valence-corrected chi connectivity index (χ2v) is 6.66. The van der Waals surface area contributed by atoms with Gasteiger partial charge >= 0.3 is 31.1 Å². The maximum atomic E-state index is 11.5. The van der Waals surface area contributed by atoms with Crippen molar-refractivity contribution in [2.75, 3.05) is 14.1 Å². The van der Waals surface area contributed by atoms with Gasteiger partial charge in [-0.05, 0) is 0 Å². The molecule has 15 heteroatoms. The summed E-state index contributed by atoms with van der Waals surface area (Å²) < 4.78 is 108. The maximum Gasteiger partial charge on any atom is 0.512 e. The molecule has 0 aliphatic carbocycles. The van der Waals surface area contributed by atoms with E-state index in [9.17, 15) is 48.0 Å². The quantitative estimate of drug-likeness (QED) is 0.567. The smallest absolute Gasteiger partial charge is 0.351 e. The summed E-state index contributed by atoms with van der Waals surface area (Å²) in [7, 11) is -9.82. The highest BCUT2D eigenvalue weighted by Gasteiger charge is 2.55. The van der Waals surface area contributed by atoms with Crippen LogP contribution in [0.5, 0.6) is 0 Å². The number of alkyl halides is 6. The van der Waals surface area contributed by atoms with E-state index in [0.717, 1.165) is 6.41 Å². The average molecular weight is 354 g/mol. The molecular formula is C5H8F6N2O5S2. The van der Waals surface area contributed by atoms with Gasteiger partial charge in [-0.25, -0.2) is 16.8 Å². The van der Waals surface area contributed by atoms with Crippen LogP contribution in [-0.2, 0) is 24.8 Å². The molecular weight excluding hydrogens is 346 g/mol. The minimum atomic E-state index is -6.60. The molecule has 0 atom stereocenters. The number of nitrogens with zero attached hydrogens (tertiary/aromatic N) is 1. The summed E-state index contributed by atoms with van der Waals surface area (Å²) in [6.45, 7) is 0. The van der Waals surface area contributed by atoms with Crippen molar-refractivity contribution in [1.29, 1.82) is 0 Å². The highest BCUT2D eigenvalue weighted by molar-refractivity contribution is 8.05. The lowest BCUT2D eigenvalue weighted by Gasteiger charge is -2.11. The molecule has 0 radical (unpaired) electrons. The second-order valence-electron chi connectivity index (χ2n) is 3.05. The first-order valence-corrected chi connectivity index (χ1v) is 6.97. The van der Waals surface area contributed by atoms with Crippen LogP contribution in [0, 0.1) is 0 Å². The Balaban J connectivity index is 0. The Morgan fingerprint density at radius 2 is 1.05 bits per heavy atom. The zero-order chi connectivity index (χ0) is 17.0. The van der Waals surface area contributed by atoms with Gasteiger partial charge in [-0.1, -0.05) is 4.13 Å². The zero-order valence-electron chi connectivity index (χ0n) is 9.65. The van der Waals surface area contributed by atoms with Gasteiger partial charge in [0.15, 0.2) is 0 Å². The van der Waals surface area contributed by atoms with Crippen molar-refractivity contribution in [3.8, 4) is 0 Å². The third-order valence-electron chi connectivity index (χ3n) is 1.04. The van der Waals surface area contributed by atoms with Crippen LogP contribution in [0.15, 0.2) is 0 Å². The van der Waals surface area contributed by atoms with Gasteiger partial charge in [-0.2, -0.15) is 26.3 Å². The SMILES string of the molecule is CN(C)C=O.O=S(=O)(NS(=O)(=O)C(F)(F)F)C(F)(F)F. The number of rotatable bonds is 3. The van der Waals surface area contributed by atoms with E-state index in [1.807, 2.05) is 0 Å². The molecule has 0 spiro atoms. The molecule has 0 aromatic heterocycles. The van der Waals surface area contributed by atoms with E-state index in [4.69, 9.17) is 0 Å². The Morgan fingerprint density at radius 3 is 1.15 bits per heavy atom. The molecule has 7 nitrogen and oxygen atoms in total. The Labute approximate surface area is 109 Å². The molecule has 122 valence electrons. The summed E-state index contributed by atoms with van der Waals surface area (Å²) in [6, 6.07) is 0. The topological polar surface area (TPSA) is 101 Å². The highest BCUT2D eigenvalue weighted by Crippen LogP contribution is 2.27. The maximum absolute atomic E-state index is 11.5. The fourth-order valence-electron chi connectivity index (χ4n) is 0.239. The minimum Gasteiger partial charge on any atom is -0.351 e. The third-order valence-corrected chi connectivity index (χ3v) is 4.01. The summed E-state index contributed by atoms with van der Waals surface area (Å²) in [5.74, 6) is 0. The van der Waals surface area contributed by atoms with Gasteiger partial charge in [0, 0.05) is 14.1 Å². The number of sulfonamides is 2. The predicted molar refractivity (Wildman–Crippen MR) is 52.8 cm³/mol. The Hall–Kier alpha value is -1.09. The summed E-state index contributed by atoms with van der Waals surface area (Å²) in [6.07, 6.45) is 0.750. The molecule has 0 aromatic carbocycles. The first kappa shape index (κ1) is 21.2. The standard InChI is InChI=1S/C3H7NO.C2HF6NO4S2/c1-4(2)3-5;3-1(4,5)14(10,11)9-15(12,13)2(6,7)8/h3H,1-2H3;9H. The molecule has 0 saturated carbocycles. The molecule has 1 N–H and O–H groups in total. The average Bonchev–Trinajstić information content (AvgIpc) is 2.13. The van der Waals surface area contributed by atoms with Crippen molar-refractivity contribution in [2.24, 2.45) is 0 Å². The van der Waals surface area contributed by atoms with E-state index in [0.29, 0.717) is 0 Å². The third kappa shape index (κ3) is 6.90. The molecule has 0 heterocycles. The van der Waals surface area contributed by atoms with Crippen LogP contribution in [0.2, 0.25) is 0 Å². The number of hydrogen-bond acceptors (Lipinski definition) is 5. The van der Waals surface area contributed by atoms with E-state index in [1.54, 1.807) is 14.1 Å². The van der Waals surface area contributed by atoms with E-state index < -0.39 is 35.2 Å². The summed E-state index contributed by atoms with van der Waals surface area (Å²) in [5, 5.41) is 0.